The number of aromatic nitrogens is 1. The highest BCUT2D eigenvalue weighted by molar-refractivity contribution is 5.61. The van der Waals surface area contributed by atoms with E-state index >= 15 is 0 Å². The molecule has 0 radical (unpaired) electrons. The molecule has 2 rings (SSSR count). The molecule has 0 saturated carbocycles. The largest absolute Gasteiger partial charge is 0.384 e. The van der Waals surface area contributed by atoms with Crippen LogP contribution in [0.25, 0.3) is 0 Å². The molecule has 6 nitrogen and oxygen atoms in total. The summed E-state index contributed by atoms with van der Waals surface area (Å²) in [5, 5.41) is 10.9. The Balaban J connectivity index is 2.38. The molecule has 2 heterocycles. The fraction of sp³-hybridized carbons (Fsp3) is 0.545. The van der Waals surface area contributed by atoms with E-state index in [-0.39, 0.29) is 11.1 Å². The minimum Gasteiger partial charge on any atom is -0.384 e. The number of anilines is 2. The lowest BCUT2D eigenvalue weighted by Crippen LogP contribution is -2.24. The normalized spacial score (nSPS) is 18.4. The van der Waals surface area contributed by atoms with E-state index in [2.05, 4.69) is 18.8 Å². The highest BCUT2D eigenvalue weighted by atomic mass is 16.6. The molecule has 0 atom stereocenters. The van der Waals surface area contributed by atoms with Crippen molar-refractivity contribution in [3.05, 3.63) is 22.2 Å². The summed E-state index contributed by atoms with van der Waals surface area (Å²) in [6, 6.07) is 2.88. The minimum atomic E-state index is -0.410. The maximum absolute atomic E-state index is 10.9. The summed E-state index contributed by atoms with van der Waals surface area (Å²) < 4.78 is 0. The van der Waals surface area contributed by atoms with Crippen LogP contribution < -0.4 is 10.6 Å². The molecule has 2 N–H and O–H groups in total. The van der Waals surface area contributed by atoms with Crippen LogP contribution in [0, 0.1) is 15.5 Å². The van der Waals surface area contributed by atoms with Gasteiger partial charge in [0.05, 0.1) is 4.92 Å². The average Bonchev–Trinajstić information content (AvgIpc) is 2.58. The standard InChI is InChI=1S/C11H16N4O2/c1-11(2)5-6-14(7-11)10-8(15(16)17)3-4-9(12)13-10/h3-4H,5-7H2,1-2H3,(H2,12,13). The Morgan fingerprint density at radius 2 is 2.24 bits per heavy atom. The smallest absolute Gasteiger partial charge is 0.311 e. The van der Waals surface area contributed by atoms with E-state index in [1.54, 1.807) is 0 Å². The summed E-state index contributed by atoms with van der Waals surface area (Å²) in [6.07, 6.45) is 1.00. The third kappa shape index (κ3) is 2.30. The Kier molecular flexibility index (Phi) is 2.65. The number of hydrogen-bond acceptors (Lipinski definition) is 5. The molecule has 1 aliphatic heterocycles. The van der Waals surface area contributed by atoms with Gasteiger partial charge in [0.2, 0.25) is 5.82 Å². The zero-order chi connectivity index (χ0) is 12.6. The average molecular weight is 236 g/mol. The minimum absolute atomic E-state index is 0.0249. The SMILES string of the molecule is CC1(C)CCN(c2nc(N)ccc2[N+](=O)[O-])C1. The van der Waals surface area contributed by atoms with Gasteiger partial charge in [0, 0.05) is 19.2 Å². The van der Waals surface area contributed by atoms with Crippen LogP contribution in [0.2, 0.25) is 0 Å². The maximum atomic E-state index is 10.9. The van der Waals surface area contributed by atoms with Crippen LogP contribution in [0.15, 0.2) is 12.1 Å². The lowest BCUT2D eigenvalue weighted by atomic mass is 9.93. The predicted octanol–water partition coefficient (Wildman–Crippen LogP) is 1.81. The van der Waals surface area contributed by atoms with Crippen molar-refractivity contribution in [1.82, 2.24) is 4.98 Å². The summed E-state index contributed by atoms with van der Waals surface area (Å²) in [5.41, 5.74) is 5.79. The van der Waals surface area contributed by atoms with Gasteiger partial charge in [-0.25, -0.2) is 4.98 Å². The molecule has 0 aliphatic carbocycles. The number of pyridine rings is 1. The van der Waals surface area contributed by atoms with Crippen molar-refractivity contribution in [1.29, 1.82) is 0 Å². The molecule has 0 amide bonds. The summed E-state index contributed by atoms with van der Waals surface area (Å²) in [6.45, 7) is 5.84. The number of nitrogen functional groups attached to an aromatic ring is 1. The first kappa shape index (κ1) is 11.6. The van der Waals surface area contributed by atoms with Crippen molar-refractivity contribution in [2.75, 3.05) is 23.7 Å². The van der Waals surface area contributed by atoms with Gasteiger partial charge in [-0.2, -0.15) is 0 Å². The maximum Gasteiger partial charge on any atom is 0.311 e. The Labute approximate surface area is 99.6 Å². The number of nitro groups is 1. The lowest BCUT2D eigenvalue weighted by Gasteiger charge is -2.20. The van der Waals surface area contributed by atoms with Crippen LogP contribution >= 0.6 is 0 Å². The van der Waals surface area contributed by atoms with Crippen LogP contribution in [-0.4, -0.2) is 23.0 Å². The molecule has 92 valence electrons. The number of hydrogen-bond donors (Lipinski definition) is 1. The highest BCUT2D eigenvalue weighted by Gasteiger charge is 2.33. The second-order valence-corrected chi connectivity index (χ2v) is 5.17. The molecule has 1 aromatic heterocycles. The molecular formula is C11H16N4O2. The number of nitrogens with two attached hydrogens (primary N) is 1. The third-order valence-electron chi connectivity index (χ3n) is 3.05. The molecule has 1 fully saturated rings. The van der Waals surface area contributed by atoms with Crippen molar-refractivity contribution in [2.24, 2.45) is 5.41 Å². The molecule has 0 aromatic carbocycles. The van der Waals surface area contributed by atoms with Crippen molar-refractivity contribution in [3.63, 3.8) is 0 Å². The van der Waals surface area contributed by atoms with E-state index in [0.29, 0.717) is 11.6 Å². The van der Waals surface area contributed by atoms with Crippen molar-refractivity contribution < 1.29 is 4.92 Å². The van der Waals surface area contributed by atoms with Crippen LogP contribution in [0.5, 0.6) is 0 Å². The fourth-order valence-electron chi connectivity index (χ4n) is 2.12. The quantitative estimate of drug-likeness (QED) is 0.625. The monoisotopic (exact) mass is 236 g/mol. The molecular weight excluding hydrogens is 220 g/mol. The third-order valence-corrected chi connectivity index (χ3v) is 3.05. The second-order valence-electron chi connectivity index (χ2n) is 5.17. The summed E-state index contributed by atoms with van der Waals surface area (Å²) in [7, 11) is 0. The van der Waals surface area contributed by atoms with Gasteiger partial charge in [0.1, 0.15) is 5.82 Å². The fourth-order valence-corrected chi connectivity index (χ4v) is 2.12. The molecule has 0 bridgehead atoms. The van der Waals surface area contributed by atoms with Gasteiger partial charge in [-0.05, 0) is 17.9 Å². The first-order valence-electron chi connectivity index (χ1n) is 5.55. The van der Waals surface area contributed by atoms with Crippen molar-refractivity contribution in [3.8, 4) is 0 Å². The van der Waals surface area contributed by atoms with E-state index in [0.717, 1.165) is 19.5 Å². The molecule has 1 aliphatic rings. The van der Waals surface area contributed by atoms with E-state index in [1.807, 2.05) is 4.90 Å². The van der Waals surface area contributed by atoms with Crippen molar-refractivity contribution in [2.45, 2.75) is 20.3 Å². The van der Waals surface area contributed by atoms with Gasteiger partial charge >= 0.3 is 5.69 Å². The Bertz CT molecular complexity index is 459. The Hall–Kier alpha value is -1.85. The van der Waals surface area contributed by atoms with Crippen molar-refractivity contribution >= 4 is 17.3 Å². The predicted molar refractivity (Wildman–Crippen MR) is 65.9 cm³/mol. The molecule has 1 aromatic rings. The summed E-state index contributed by atoms with van der Waals surface area (Å²) >= 11 is 0. The highest BCUT2D eigenvalue weighted by Crippen LogP contribution is 2.35. The summed E-state index contributed by atoms with van der Waals surface area (Å²) in [4.78, 5) is 16.6. The van der Waals surface area contributed by atoms with Gasteiger partial charge in [0.15, 0.2) is 0 Å². The van der Waals surface area contributed by atoms with Gasteiger partial charge in [0.25, 0.3) is 0 Å². The molecule has 0 spiro atoms. The molecule has 17 heavy (non-hydrogen) atoms. The summed E-state index contributed by atoms with van der Waals surface area (Å²) in [5.74, 6) is 0.705. The first-order chi connectivity index (χ1) is 7.89. The van der Waals surface area contributed by atoms with Gasteiger partial charge < -0.3 is 10.6 Å². The van der Waals surface area contributed by atoms with E-state index in [9.17, 15) is 10.1 Å². The van der Waals surface area contributed by atoms with Crippen LogP contribution in [0.1, 0.15) is 20.3 Å². The number of rotatable bonds is 2. The van der Waals surface area contributed by atoms with Gasteiger partial charge in [-0.3, -0.25) is 10.1 Å². The van der Waals surface area contributed by atoms with Gasteiger partial charge in [-0.15, -0.1) is 0 Å². The lowest BCUT2D eigenvalue weighted by molar-refractivity contribution is -0.384. The van der Waals surface area contributed by atoms with E-state index in [1.165, 1.54) is 12.1 Å². The van der Waals surface area contributed by atoms with Crippen LogP contribution in [0.3, 0.4) is 0 Å². The first-order valence-corrected chi connectivity index (χ1v) is 5.55. The Morgan fingerprint density at radius 3 is 2.76 bits per heavy atom. The van der Waals surface area contributed by atoms with Gasteiger partial charge in [-0.1, -0.05) is 13.8 Å². The molecule has 0 unspecified atom stereocenters. The molecule has 6 heteroatoms. The van der Waals surface area contributed by atoms with E-state index < -0.39 is 4.92 Å². The molecule has 1 saturated heterocycles. The Morgan fingerprint density at radius 1 is 1.53 bits per heavy atom. The van der Waals surface area contributed by atoms with Crippen LogP contribution in [0.4, 0.5) is 17.3 Å². The zero-order valence-corrected chi connectivity index (χ0v) is 10.0. The van der Waals surface area contributed by atoms with E-state index in [4.69, 9.17) is 5.73 Å². The second kappa shape index (κ2) is 3.87. The van der Waals surface area contributed by atoms with Crippen LogP contribution in [-0.2, 0) is 0 Å². The topological polar surface area (TPSA) is 85.3 Å². The zero-order valence-electron chi connectivity index (χ0n) is 10.0. The number of nitrogens with zero attached hydrogens (tertiary/aromatic N) is 3.